The van der Waals surface area contributed by atoms with E-state index in [1.54, 1.807) is 18.3 Å². The van der Waals surface area contributed by atoms with Gasteiger partial charge in [-0.05, 0) is 37.8 Å². The van der Waals surface area contributed by atoms with Crippen molar-refractivity contribution in [3.63, 3.8) is 0 Å². The Bertz CT molecular complexity index is 913. The molecule has 3 rings (SSSR count). The van der Waals surface area contributed by atoms with Gasteiger partial charge in [-0.3, -0.25) is 23.6 Å². The molecule has 0 spiro atoms. The third-order valence-electron chi connectivity index (χ3n) is 5.00. The topological polar surface area (TPSA) is 90.3 Å². The highest BCUT2D eigenvalue weighted by molar-refractivity contribution is 7.10. The molecular weight excluding hydrogens is 340 g/mol. The molecule has 2 N–H and O–H groups in total. The highest BCUT2D eigenvalue weighted by Crippen LogP contribution is 2.36. The number of hydrogen-bond donors (Lipinski definition) is 1. The molecular formula is C17H22N4O3S. The van der Waals surface area contributed by atoms with Crippen LogP contribution in [0.3, 0.4) is 0 Å². The Labute approximate surface area is 149 Å². The first kappa shape index (κ1) is 17.6. The summed E-state index contributed by atoms with van der Waals surface area (Å²) in [4.78, 5) is 40.8. The summed E-state index contributed by atoms with van der Waals surface area (Å²) in [5.41, 5.74) is 4.66. The molecule has 0 radical (unpaired) electrons. The van der Waals surface area contributed by atoms with Gasteiger partial charge in [0.2, 0.25) is 0 Å². The average Bonchev–Trinajstić information content (AvgIpc) is 3.28. The van der Waals surface area contributed by atoms with Crippen LogP contribution in [0.2, 0.25) is 0 Å². The smallest absolute Gasteiger partial charge is 0.332 e. The second kappa shape index (κ2) is 6.61. The first-order valence-electron chi connectivity index (χ1n) is 8.23. The van der Waals surface area contributed by atoms with Crippen molar-refractivity contribution in [2.24, 2.45) is 14.1 Å². The van der Waals surface area contributed by atoms with Crippen molar-refractivity contribution in [3.05, 3.63) is 48.8 Å². The van der Waals surface area contributed by atoms with E-state index in [0.717, 1.165) is 28.5 Å². The minimum Gasteiger partial charge on any atom is -0.384 e. The molecule has 1 aliphatic heterocycles. The molecule has 0 aliphatic carbocycles. The van der Waals surface area contributed by atoms with Crippen molar-refractivity contribution in [2.75, 3.05) is 12.3 Å². The number of rotatable bonds is 4. The van der Waals surface area contributed by atoms with Gasteiger partial charge in [0, 0.05) is 25.0 Å². The number of anilines is 1. The van der Waals surface area contributed by atoms with Gasteiger partial charge in [-0.25, -0.2) is 4.79 Å². The lowest BCUT2D eigenvalue weighted by molar-refractivity contribution is 0.0820. The number of thiophene rings is 1. The zero-order valence-corrected chi connectivity index (χ0v) is 15.4. The standard InChI is InChI=1S/C17H22N4O3S/c1-10(21-8-4-6-11(21)12-7-5-9-25-12)14(22)13-15(18)19(2)17(24)20(3)16(13)23/h5,7,9-11H,4,6,8,18H2,1-3H3. The molecule has 0 saturated carbocycles. The number of likely N-dealkylation sites (tertiary alicyclic amines) is 1. The van der Waals surface area contributed by atoms with Crippen molar-refractivity contribution in [3.8, 4) is 0 Å². The highest BCUT2D eigenvalue weighted by Gasteiger charge is 2.35. The van der Waals surface area contributed by atoms with Gasteiger partial charge in [-0.1, -0.05) is 6.07 Å². The number of nitrogen functional groups attached to an aromatic ring is 1. The quantitative estimate of drug-likeness (QED) is 0.824. The lowest BCUT2D eigenvalue weighted by atomic mass is 10.0. The highest BCUT2D eigenvalue weighted by atomic mass is 32.1. The molecule has 2 unspecified atom stereocenters. The fraction of sp³-hybridized carbons (Fsp3) is 0.471. The Morgan fingerprint density at radius 2 is 2.04 bits per heavy atom. The van der Waals surface area contributed by atoms with Crippen molar-refractivity contribution >= 4 is 22.9 Å². The first-order chi connectivity index (χ1) is 11.8. The van der Waals surface area contributed by atoms with Crippen LogP contribution in [0.4, 0.5) is 5.82 Å². The first-order valence-corrected chi connectivity index (χ1v) is 9.11. The summed E-state index contributed by atoms with van der Waals surface area (Å²) in [5, 5.41) is 2.03. The van der Waals surface area contributed by atoms with Crippen LogP contribution in [0.1, 0.15) is 41.0 Å². The summed E-state index contributed by atoms with van der Waals surface area (Å²) in [7, 11) is 2.82. The van der Waals surface area contributed by atoms with Gasteiger partial charge in [0.1, 0.15) is 11.4 Å². The summed E-state index contributed by atoms with van der Waals surface area (Å²) in [6.07, 6.45) is 1.99. The maximum atomic E-state index is 13.1. The number of hydrogen-bond acceptors (Lipinski definition) is 6. The monoisotopic (exact) mass is 362 g/mol. The molecule has 8 heteroatoms. The number of nitrogens with two attached hydrogens (primary N) is 1. The number of carbonyl (C=O) groups excluding carboxylic acids is 1. The third kappa shape index (κ3) is 2.85. The fourth-order valence-corrected chi connectivity index (χ4v) is 4.37. The predicted octanol–water partition coefficient (Wildman–Crippen LogP) is 1.14. The van der Waals surface area contributed by atoms with E-state index in [0.29, 0.717) is 0 Å². The SMILES string of the molecule is CC(C(=O)c1c(N)n(C)c(=O)n(C)c1=O)N1CCCC1c1cccs1. The number of ketones is 1. The molecule has 1 saturated heterocycles. The van der Waals surface area contributed by atoms with Crippen LogP contribution >= 0.6 is 11.3 Å². The molecule has 25 heavy (non-hydrogen) atoms. The van der Waals surface area contributed by atoms with Gasteiger partial charge in [-0.2, -0.15) is 0 Å². The van der Waals surface area contributed by atoms with Crippen LogP contribution in [0.15, 0.2) is 27.1 Å². The molecule has 0 aromatic carbocycles. The van der Waals surface area contributed by atoms with Crippen LogP contribution < -0.4 is 17.0 Å². The van der Waals surface area contributed by atoms with Gasteiger partial charge in [0.25, 0.3) is 5.56 Å². The van der Waals surface area contributed by atoms with Gasteiger partial charge >= 0.3 is 5.69 Å². The normalized spacial score (nSPS) is 19.2. The summed E-state index contributed by atoms with van der Waals surface area (Å²) in [6.45, 7) is 2.60. The molecule has 0 bridgehead atoms. The molecule has 2 aromatic heterocycles. The molecule has 3 heterocycles. The minimum atomic E-state index is -0.635. The van der Waals surface area contributed by atoms with Crippen LogP contribution in [0, 0.1) is 0 Å². The summed E-state index contributed by atoms with van der Waals surface area (Å²) in [5.74, 6) is -0.408. The second-order valence-corrected chi connectivity index (χ2v) is 7.40. The Kier molecular flexibility index (Phi) is 4.66. The number of Topliss-reactive ketones (excluding diaryl/α,β-unsaturated/α-hetero) is 1. The third-order valence-corrected chi connectivity index (χ3v) is 5.97. The Morgan fingerprint density at radius 3 is 2.68 bits per heavy atom. The van der Waals surface area contributed by atoms with Crippen LogP contribution in [0.25, 0.3) is 0 Å². The van der Waals surface area contributed by atoms with E-state index in [9.17, 15) is 14.4 Å². The summed E-state index contributed by atoms with van der Waals surface area (Å²) >= 11 is 1.67. The second-order valence-electron chi connectivity index (χ2n) is 6.42. The lowest BCUT2D eigenvalue weighted by Gasteiger charge is -2.29. The Balaban J connectivity index is 1.99. The van der Waals surface area contributed by atoms with E-state index in [1.165, 1.54) is 19.0 Å². The van der Waals surface area contributed by atoms with E-state index in [-0.39, 0.29) is 23.2 Å². The van der Waals surface area contributed by atoms with Gasteiger partial charge in [0.15, 0.2) is 5.78 Å². The van der Waals surface area contributed by atoms with Gasteiger partial charge in [-0.15, -0.1) is 11.3 Å². The van der Waals surface area contributed by atoms with Gasteiger partial charge in [0.05, 0.1) is 6.04 Å². The maximum Gasteiger partial charge on any atom is 0.332 e. The van der Waals surface area contributed by atoms with E-state index >= 15 is 0 Å². The van der Waals surface area contributed by atoms with Gasteiger partial charge < -0.3 is 5.73 Å². The number of nitrogens with zero attached hydrogens (tertiary/aromatic N) is 3. The predicted molar refractivity (Wildman–Crippen MR) is 98.1 cm³/mol. The van der Waals surface area contributed by atoms with E-state index in [4.69, 9.17) is 5.73 Å². The summed E-state index contributed by atoms with van der Waals surface area (Å²) < 4.78 is 2.07. The molecule has 0 amide bonds. The van der Waals surface area contributed by atoms with E-state index < -0.39 is 17.3 Å². The zero-order valence-electron chi connectivity index (χ0n) is 14.6. The van der Waals surface area contributed by atoms with E-state index in [1.807, 2.05) is 11.4 Å². The van der Waals surface area contributed by atoms with Crippen molar-refractivity contribution in [1.29, 1.82) is 0 Å². The molecule has 1 fully saturated rings. The van der Waals surface area contributed by atoms with E-state index in [2.05, 4.69) is 11.0 Å². The average molecular weight is 362 g/mol. The molecule has 2 aromatic rings. The Morgan fingerprint density at radius 1 is 1.32 bits per heavy atom. The van der Waals surface area contributed by atoms with Crippen LogP contribution in [-0.4, -0.2) is 32.4 Å². The lowest BCUT2D eigenvalue weighted by Crippen LogP contribution is -2.46. The van der Waals surface area contributed by atoms with Crippen molar-refractivity contribution < 1.29 is 4.79 Å². The van der Waals surface area contributed by atoms with Crippen molar-refractivity contribution in [2.45, 2.75) is 31.8 Å². The number of carbonyl (C=O) groups is 1. The van der Waals surface area contributed by atoms with Crippen molar-refractivity contribution in [1.82, 2.24) is 14.0 Å². The largest absolute Gasteiger partial charge is 0.384 e. The maximum absolute atomic E-state index is 13.1. The fourth-order valence-electron chi connectivity index (χ4n) is 3.49. The number of aromatic nitrogens is 2. The Hall–Kier alpha value is -2.19. The molecule has 7 nitrogen and oxygen atoms in total. The molecule has 1 aliphatic rings. The zero-order chi connectivity index (χ0) is 18.3. The minimum absolute atomic E-state index is 0.0724. The van der Waals surface area contributed by atoms with Crippen LogP contribution in [0.5, 0.6) is 0 Å². The molecule has 134 valence electrons. The summed E-state index contributed by atoms with van der Waals surface area (Å²) in [6, 6.07) is 3.77. The van der Waals surface area contributed by atoms with Crippen LogP contribution in [-0.2, 0) is 14.1 Å². The molecule has 2 atom stereocenters.